The molecule has 1 atom stereocenters. The number of carbonyl (C=O) groups is 1. The van der Waals surface area contributed by atoms with E-state index in [1.54, 1.807) is 13.0 Å². The molecule has 0 aromatic heterocycles. The summed E-state index contributed by atoms with van der Waals surface area (Å²) in [7, 11) is 0. The van der Waals surface area contributed by atoms with Crippen LogP contribution in [0.1, 0.15) is 27.2 Å². The first-order valence-corrected chi connectivity index (χ1v) is 3.21. The minimum Gasteiger partial charge on any atom is -0.299 e. The van der Waals surface area contributed by atoms with Crippen LogP contribution in [0.5, 0.6) is 0 Å². The Morgan fingerprint density at radius 3 is 2.22 bits per heavy atom. The van der Waals surface area contributed by atoms with Crippen LogP contribution in [-0.2, 0) is 4.79 Å². The predicted molar refractivity (Wildman–Crippen MR) is 39.3 cm³/mol. The normalized spacial score (nSPS) is 16.3. The molecule has 0 saturated carbocycles. The van der Waals surface area contributed by atoms with Crippen molar-refractivity contribution in [3.8, 4) is 0 Å². The summed E-state index contributed by atoms with van der Waals surface area (Å²) in [5, 5.41) is 0. The largest absolute Gasteiger partial charge is 0.299 e. The highest BCUT2D eigenvalue weighted by Gasteiger charge is 2.22. The molecule has 0 aliphatic heterocycles. The molecule has 0 aliphatic carbocycles. The van der Waals surface area contributed by atoms with Gasteiger partial charge in [-0.15, -0.1) is 6.58 Å². The maximum Gasteiger partial charge on any atom is 0.139 e. The maximum atomic E-state index is 10.9. The molecule has 0 spiro atoms. The molecular weight excluding hydrogens is 112 g/mol. The number of hydrogen-bond donors (Lipinski definition) is 0. The van der Waals surface area contributed by atoms with Crippen LogP contribution >= 0.6 is 0 Å². The number of Topliss-reactive ketones (excluding diaryl/α,β-unsaturated/α-hetero) is 1. The van der Waals surface area contributed by atoms with Crippen LogP contribution in [0.25, 0.3) is 0 Å². The van der Waals surface area contributed by atoms with E-state index >= 15 is 0 Å². The van der Waals surface area contributed by atoms with Crippen LogP contribution in [-0.4, -0.2) is 5.78 Å². The average molecular weight is 126 g/mol. The van der Waals surface area contributed by atoms with Gasteiger partial charge in [0, 0.05) is 5.41 Å². The van der Waals surface area contributed by atoms with Gasteiger partial charge in [-0.3, -0.25) is 4.79 Å². The van der Waals surface area contributed by atoms with Crippen molar-refractivity contribution >= 4 is 5.78 Å². The van der Waals surface area contributed by atoms with Gasteiger partial charge in [0.2, 0.25) is 0 Å². The lowest BCUT2D eigenvalue weighted by Gasteiger charge is -2.18. The molecule has 0 fully saturated rings. The second-order valence-electron chi connectivity index (χ2n) is 2.53. The van der Waals surface area contributed by atoms with Gasteiger partial charge in [0.25, 0.3) is 0 Å². The Balaban J connectivity index is 4.27. The van der Waals surface area contributed by atoms with Crippen molar-refractivity contribution < 1.29 is 4.79 Å². The lowest BCUT2D eigenvalue weighted by molar-refractivity contribution is -0.123. The summed E-state index contributed by atoms with van der Waals surface area (Å²) in [6.45, 7) is 9.10. The third kappa shape index (κ3) is 1.67. The van der Waals surface area contributed by atoms with Crippen LogP contribution in [0.15, 0.2) is 12.7 Å². The van der Waals surface area contributed by atoms with Crippen molar-refractivity contribution in [2.45, 2.75) is 27.2 Å². The number of rotatable bonds is 3. The van der Waals surface area contributed by atoms with Gasteiger partial charge in [-0.25, -0.2) is 0 Å². The van der Waals surface area contributed by atoms with Crippen LogP contribution in [0, 0.1) is 5.41 Å². The molecule has 0 heterocycles. The van der Waals surface area contributed by atoms with Crippen molar-refractivity contribution in [1.29, 1.82) is 0 Å². The lowest BCUT2D eigenvalue weighted by Crippen LogP contribution is -2.20. The molecule has 0 aromatic rings. The van der Waals surface area contributed by atoms with E-state index in [2.05, 4.69) is 6.58 Å². The number of allylic oxidation sites excluding steroid dienone is 1. The molecular formula is C8H14O. The molecule has 0 rings (SSSR count). The molecule has 0 amide bonds. The number of hydrogen-bond acceptors (Lipinski definition) is 1. The van der Waals surface area contributed by atoms with Gasteiger partial charge >= 0.3 is 0 Å². The fraction of sp³-hybridized carbons (Fsp3) is 0.625. The fourth-order valence-corrected chi connectivity index (χ4v) is 0.537. The van der Waals surface area contributed by atoms with E-state index in [9.17, 15) is 4.79 Å². The summed E-state index contributed by atoms with van der Waals surface area (Å²) in [5.41, 5.74) is -0.292. The predicted octanol–water partition coefficient (Wildman–Crippen LogP) is 2.18. The quantitative estimate of drug-likeness (QED) is 0.530. The van der Waals surface area contributed by atoms with E-state index in [0.717, 1.165) is 6.42 Å². The fourth-order valence-electron chi connectivity index (χ4n) is 0.537. The van der Waals surface area contributed by atoms with Gasteiger partial charge in [0.05, 0.1) is 0 Å². The van der Waals surface area contributed by atoms with E-state index in [-0.39, 0.29) is 11.2 Å². The lowest BCUT2D eigenvalue weighted by atomic mass is 9.84. The Morgan fingerprint density at radius 1 is 1.78 bits per heavy atom. The Morgan fingerprint density at radius 2 is 2.22 bits per heavy atom. The average Bonchev–Trinajstić information content (AvgIpc) is 1.86. The zero-order valence-corrected chi connectivity index (χ0v) is 6.40. The topological polar surface area (TPSA) is 17.1 Å². The van der Waals surface area contributed by atoms with E-state index < -0.39 is 0 Å². The molecule has 52 valence electrons. The Bertz CT molecular complexity index is 127. The van der Waals surface area contributed by atoms with Gasteiger partial charge in [-0.05, 0) is 20.3 Å². The molecule has 0 bridgehead atoms. The van der Waals surface area contributed by atoms with Crippen molar-refractivity contribution in [2.24, 2.45) is 5.41 Å². The van der Waals surface area contributed by atoms with Crippen LogP contribution < -0.4 is 0 Å². The summed E-state index contributed by atoms with van der Waals surface area (Å²) < 4.78 is 0. The summed E-state index contributed by atoms with van der Waals surface area (Å²) in [6, 6.07) is 0. The highest BCUT2D eigenvalue weighted by molar-refractivity contribution is 5.83. The van der Waals surface area contributed by atoms with Crippen LogP contribution in [0.3, 0.4) is 0 Å². The second kappa shape index (κ2) is 2.81. The summed E-state index contributed by atoms with van der Waals surface area (Å²) in [5.74, 6) is 0.194. The first-order chi connectivity index (χ1) is 4.06. The molecule has 0 radical (unpaired) electrons. The summed E-state index contributed by atoms with van der Waals surface area (Å²) in [4.78, 5) is 10.9. The van der Waals surface area contributed by atoms with Gasteiger partial charge in [0.15, 0.2) is 0 Å². The zero-order chi connectivity index (χ0) is 7.49. The molecule has 9 heavy (non-hydrogen) atoms. The van der Waals surface area contributed by atoms with Crippen LogP contribution in [0.2, 0.25) is 0 Å². The van der Waals surface area contributed by atoms with Crippen molar-refractivity contribution in [3.63, 3.8) is 0 Å². The Hall–Kier alpha value is -0.590. The van der Waals surface area contributed by atoms with Crippen molar-refractivity contribution in [1.82, 2.24) is 0 Å². The smallest absolute Gasteiger partial charge is 0.139 e. The first kappa shape index (κ1) is 8.41. The number of carbonyl (C=O) groups excluding carboxylic acids is 1. The molecule has 0 aromatic carbocycles. The van der Waals surface area contributed by atoms with Gasteiger partial charge in [0.1, 0.15) is 5.78 Å². The van der Waals surface area contributed by atoms with E-state index in [1.165, 1.54) is 0 Å². The molecule has 1 heteroatoms. The molecule has 1 nitrogen and oxygen atoms in total. The van der Waals surface area contributed by atoms with Crippen molar-refractivity contribution in [3.05, 3.63) is 12.7 Å². The summed E-state index contributed by atoms with van der Waals surface area (Å²) >= 11 is 0. The van der Waals surface area contributed by atoms with Gasteiger partial charge in [-0.2, -0.15) is 0 Å². The minimum atomic E-state index is -0.292. The summed E-state index contributed by atoms with van der Waals surface area (Å²) in [6.07, 6.45) is 2.56. The second-order valence-corrected chi connectivity index (χ2v) is 2.53. The molecule has 0 aliphatic rings. The van der Waals surface area contributed by atoms with Gasteiger partial charge < -0.3 is 0 Å². The molecule has 0 saturated heterocycles. The maximum absolute atomic E-state index is 10.9. The third-order valence-electron chi connectivity index (χ3n) is 1.99. The number of ketones is 1. The van der Waals surface area contributed by atoms with E-state index in [4.69, 9.17) is 0 Å². The molecule has 0 N–H and O–H groups in total. The van der Waals surface area contributed by atoms with Gasteiger partial charge in [-0.1, -0.05) is 13.0 Å². The van der Waals surface area contributed by atoms with Crippen molar-refractivity contribution in [2.75, 3.05) is 0 Å². The minimum absolute atomic E-state index is 0.194. The third-order valence-corrected chi connectivity index (χ3v) is 1.99. The highest BCUT2D eigenvalue weighted by Crippen LogP contribution is 2.22. The standard InChI is InChI=1S/C8H14O/c1-5-8(4,6-2)7(3)9/h5H,1,6H2,2-4H3. The Labute approximate surface area is 56.8 Å². The highest BCUT2D eigenvalue weighted by atomic mass is 16.1. The van der Waals surface area contributed by atoms with Crippen LogP contribution in [0.4, 0.5) is 0 Å². The monoisotopic (exact) mass is 126 g/mol. The first-order valence-electron chi connectivity index (χ1n) is 3.21. The molecule has 1 unspecified atom stereocenters. The zero-order valence-electron chi connectivity index (χ0n) is 6.40. The van der Waals surface area contributed by atoms with E-state index in [1.807, 2.05) is 13.8 Å². The Kier molecular flexibility index (Phi) is 2.63. The van der Waals surface area contributed by atoms with E-state index in [0.29, 0.717) is 0 Å². The SMILES string of the molecule is C=CC(C)(CC)C(C)=O.